The normalized spacial score (nSPS) is 11.6. The lowest BCUT2D eigenvalue weighted by Crippen LogP contribution is -2.27. The Morgan fingerprint density at radius 3 is 2.60 bits per heavy atom. The van der Waals surface area contributed by atoms with Gasteiger partial charge < -0.3 is 0 Å². The van der Waals surface area contributed by atoms with E-state index in [1.807, 2.05) is 49.4 Å². The highest BCUT2D eigenvalue weighted by molar-refractivity contribution is 7.89. The van der Waals surface area contributed by atoms with E-state index in [1.165, 1.54) is 0 Å². The molecule has 2 N–H and O–H groups in total. The van der Waals surface area contributed by atoms with Crippen molar-refractivity contribution in [3.05, 3.63) is 65.5 Å². The predicted molar refractivity (Wildman–Crippen MR) is 96.6 cm³/mol. The molecule has 0 radical (unpaired) electrons. The molecule has 0 bridgehead atoms. The average Bonchev–Trinajstić information content (AvgIpc) is 3.06. The first-order valence-corrected chi connectivity index (χ1v) is 9.47. The molecule has 130 valence electrons. The minimum absolute atomic E-state index is 0.249. The monoisotopic (exact) mass is 356 g/mol. The fourth-order valence-corrected chi connectivity index (χ4v) is 3.86. The summed E-state index contributed by atoms with van der Waals surface area (Å²) in [6.45, 7) is 3.91. The van der Waals surface area contributed by atoms with Crippen molar-refractivity contribution < 1.29 is 8.42 Å². The number of sulfonamides is 1. The maximum absolute atomic E-state index is 12.5. The molecule has 0 unspecified atom stereocenters. The molecular formula is C18H20N4O2S. The zero-order chi connectivity index (χ0) is 17.9. The molecule has 0 atom stereocenters. The molecule has 0 fully saturated rings. The molecule has 3 rings (SSSR count). The second-order valence-corrected chi connectivity index (χ2v) is 7.62. The van der Waals surface area contributed by atoms with Crippen LogP contribution in [0.4, 0.5) is 0 Å². The van der Waals surface area contributed by atoms with Gasteiger partial charge in [-0.25, -0.2) is 18.1 Å². The Labute approximate surface area is 147 Å². The molecule has 0 aliphatic carbocycles. The van der Waals surface area contributed by atoms with Gasteiger partial charge in [-0.1, -0.05) is 42.5 Å². The number of nitrogens with one attached hydrogen (secondary N) is 2. The molecule has 0 saturated heterocycles. The van der Waals surface area contributed by atoms with Crippen LogP contribution < -0.4 is 4.72 Å². The van der Waals surface area contributed by atoms with E-state index in [0.717, 1.165) is 16.7 Å². The molecule has 0 spiro atoms. The van der Waals surface area contributed by atoms with Crippen molar-refractivity contribution in [3.63, 3.8) is 0 Å². The summed E-state index contributed by atoms with van der Waals surface area (Å²) in [5.74, 6) is 1.25. The number of aromatic nitrogens is 3. The molecule has 3 aromatic rings. The van der Waals surface area contributed by atoms with Crippen molar-refractivity contribution in [1.82, 2.24) is 19.9 Å². The minimum atomic E-state index is -3.54. The maximum Gasteiger partial charge on any atom is 0.240 e. The van der Waals surface area contributed by atoms with Gasteiger partial charge in [0.2, 0.25) is 10.0 Å². The number of hydrogen-bond donors (Lipinski definition) is 2. The van der Waals surface area contributed by atoms with Gasteiger partial charge in [0.15, 0.2) is 5.82 Å². The first kappa shape index (κ1) is 17.3. The Morgan fingerprint density at radius 2 is 1.84 bits per heavy atom. The average molecular weight is 356 g/mol. The first-order chi connectivity index (χ1) is 12.0. The number of H-pyrrole nitrogens is 1. The highest BCUT2D eigenvalue weighted by Gasteiger charge is 2.16. The number of benzene rings is 2. The highest BCUT2D eigenvalue weighted by atomic mass is 32.2. The van der Waals surface area contributed by atoms with E-state index in [4.69, 9.17) is 0 Å². The van der Waals surface area contributed by atoms with Crippen molar-refractivity contribution in [2.24, 2.45) is 0 Å². The molecule has 0 amide bonds. The summed E-state index contributed by atoms with van der Waals surface area (Å²) < 4.78 is 27.6. The lowest BCUT2D eigenvalue weighted by atomic mass is 10.2. The van der Waals surface area contributed by atoms with Crippen LogP contribution in [-0.2, 0) is 16.4 Å². The van der Waals surface area contributed by atoms with Gasteiger partial charge in [0.25, 0.3) is 0 Å². The minimum Gasteiger partial charge on any atom is -0.263 e. The Balaban J connectivity index is 1.65. The van der Waals surface area contributed by atoms with Crippen LogP contribution >= 0.6 is 0 Å². The van der Waals surface area contributed by atoms with Crippen molar-refractivity contribution in [3.8, 4) is 11.4 Å². The summed E-state index contributed by atoms with van der Waals surface area (Å²) >= 11 is 0. The molecule has 7 heteroatoms. The van der Waals surface area contributed by atoms with E-state index in [-0.39, 0.29) is 6.54 Å². The summed E-state index contributed by atoms with van der Waals surface area (Å²) in [6.07, 6.45) is 0.434. The van der Waals surface area contributed by atoms with Crippen LogP contribution in [0.3, 0.4) is 0 Å². The van der Waals surface area contributed by atoms with Crippen molar-refractivity contribution in [2.45, 2.75) is 25.2 Å². The maximum atomic E-state index is 12.5. The zero-order valence-corrected chi connectivity index (χ0v) is 15.0. The largest absolute Gasteiger partial charge is 0.263 e. The number of aryl methyl sites for hydroxylation is 2. The van der Waals surface area contributed by atoms with Crippen LogP contribution in [0.25, 0.3) is 11.4 Å². The third-order valence-corrected chi connectivity index (χ3v) is 5.45. The van der Waals surface area contributed by atoms with E-state index in [9.17, 15) is 8.42 Å². The van der Waals surface area contributed by atoms with Gasteiger partial charge in [-0.3, -0.25) is 5.10 Å². The number of hydrogen-bond acceptors (Lipinski definition) is 4. The zero-order valence-electron chi connectivity index (χ0n) is 14.2. The van der Waals surface area contributed by atoms with E-state index in [0.29, 0.717) is 23.0 Å². The molecule has 1 aromatic heterocycles. The van der Waals surface area contributed by atoms with Crippen LogP contribution in [0.2, 0.25) is 0 Å². The number of aromatic amines is 1. The number of nitrogens with zero attached hydrogens (tertiary/aromatic N) is 2. The Kier molecular flexibility index (Phi) is 4.96. The lowest BCUT2D eigenvalue weighted by Gasteiger charge is -2.09. The van der Waals surface area contributed by atoms with Crippen molar-refractivity contribution in [1.29, 1.82) is 0 Å². The lowest BCUT2D eigenvalue weighted by molar-refractivity contribution is 0.580. The van der Waals surface area contributed by atoms with Gasteiger partial charge in [0.1, 0.15) is 5.82 Å². The summed E-state index contributed by atoms with van der Waals surface area (Å²) in [6, 6.07) is 15.0. The van der Waals surface area contributed by atoms with Gasteiger partial charge in [-0.2, -0.15) is 5.10 Å². The Hall–Kier alpha value is -2.51. The summed E-state index contributed by atoms with van der Waals surface area (Å²) in [4.78, 5) is 4.72. The fourth-order valence-electron chi connectivity index (χ4n) is 2.50. The van der Waals surface area contributed by atoms with Gasteiger partial charge in [-0.05, 0) is 31.0 Å². The molecule has 2 aromatic carbocycles. The molecular weight excluding hydrogens is 336 g/mol. The molecule has 0 aliphatic heterocycles. The molecule has 1 heterocycles. The van der Waals surface area contributed by atoms with Crippen LogP contribution in [0.15, 0.2) is 53.4 Å². The molecule has 25 heavy (non-hydrogen) atoms. The highest BCUT2D eigenvalue weighted by Crippen LogP contribution is 2.17. The fraction of sp³-hybridized carbons (Fsp3) is 0.222. The van der Waals surface area contributed by atoms with Crippen molar-refractivity contribution >= 4 is 10.0 Å². The first-order valence-electron chi connectivity index (χ1n) is 7.99. The van der Waals surface area contributed by atoms with E-state index < -0.39 is 10.0 Å². The van der Waals surface area contributed by atoms with Crippen LogP contribution in [0.5, 0.6) is 0 Å². The topological polar surface area (TPSA) is 87.7 Å². The molecule has 0 aliphatic rings. The van der Waals surface area contributed by atoms with Gasteiger partial charge in [0, 0.05) is 18.5 Å². The third kappa shape index (κ3) is 4.12. The van der Waals surface area contributed by atoms with Gasteiger partial charge in [0.05, 0.1) is 4.90 Å². The van der Waals surface area contributed by atoms with E-state index in [2.05, 4.69) is 19.9 Å². The number of rotatable bonds is 6. The Morgan fingerprint density at radius 1 is 1.08 bits per heavy atom. The molecule has 6 nitrogen and oxygen atoms in total. The van der Waals surface area contributed by atoms with Crippen LogP contribution in [0.1, 0.15) is 17.0 Å². The molecule has 0 saturated carbocycles. The van der Waals surface area contributed by atoms with Gasteiger partial charge in [-0.15, -0.1) is 0 Å². The smallest absolute Gasteiger partial charge is 0.240 e. The van der Waals surface area contributed by atoms with Crippen LogP contribution in [-0.4, -0.2) is 30.1 Å². The second kappa shape index (κ2) is 7.16. The van der Waals surface area contributed by atoms with Gasteiger partial charge >= 0.3 is 0 Å². The third-order valence-electron chi connectivity index (χ3n) is 3.85. The quantitative estimate of drug-likeness (QED) is 0.711. The summed E-state index contributed by atoms with van der Waals surface area (Å²) in [5.41, 5.74) is 2.55. The predicted octanol–water partition coefficient (Wildman–Crippen LogP) is 2.61. The summed E-state index contributed by atoms with van der Waals surface area (Å²) in [5, 5.41) is 7.03. The summed E-state index contributed by atoms with van der Waals surface area (Å²) in [7, 11) is -3.54. The second-order valence-electron chi connectivity index (χ2n) is 5.89. The van der Waals surface area contributed by atoms with E-state index in [1.54, 1.807) is 13.0 Å². The SMILES string of the molecule is Cc1ccc(C)c(S(=O)(=O)NCCc2nc(-c3ccccc3)n[nH]2)c1. The van der Waals surface area contributed by atoms with Crippen molar-refractivity contribution in [2.75, 3.05) is 6.54 Å². The standard InChI is InChI=1S/C18H20N4O2S/c1-13-8-9-14(2)16(12-13)25(23,24)19-11-10-17-20-18(22-21-17)15-6-4-3-5-7-15/h3-9,12,19H,10-11H2,1-2H3,(H,20,21,22). The Bertz CT molecular complexity index is 966. The van der Waals surface area contributed by atoms with Crippen LogP contribution in [0, 0.1) is 13.8 Å². The van der Waals surface area contributed by atoms with E-state index >= 15 is 0 Å².